The highest BCUT2D eigenvalue weighted by molar-refractivity contribution is 6.04. The molecular weight excluding hydrogens is 262 g/mol. The molecule has 0 fully saturated rings. The zero-order valence-corrected chi connectivity index (χ0v) is 12.7. The van der Waals surface area contributed by atoms with E-state index in [0.29, 0.717) is 11.6 Å². The van der Waals surface area contributed by atoms with Crippen molar-refractivity contribution in [2.24, 2.45) is 0 Å². The summed E-state index contributed by atoms with van der Waals surface area (Å²) in [6.07, 6.45) is 1.68. The summed E-state index contributed by atoms with van der Waals surface area (Å²) in [4.78, 5) is 16.3. The molecule has 1 amide bonds. The number of anilines is 1. The van der Waals surface area contributed by atoms with Crippen LogP contribution in [0, 0.1) is 6.92 Å². The molecule has 0 saturated carbocycles. The Hall–Kier alpha value is -2.20. The van der Waals surface area contributed by atoms with Gasteiger partial charge in [0.15, 0.2) is 0 Å². The topological polar surface area (TPSA) is 54.0 Å². The van der Waals surface area contributed by atoms with E-state index in [2.05, 4.69) is 29.5 Å². The van der Waals surface area contributed by atoms with Crippen LogP contribution in [0.15, 0.2) is 42.6 Å². The van der Waals surface area contributed by atoms with Crippen molar-refractivity contribution in [3.8, 4) is 0 Å². The van der Waals surface area contributed by atoms with E-state index in [1.165, 1.54) is 5.56 Å². The van der Waals surface area contributed by atoms with Gasteiger partial charge in [0, 0.05) is 23.6 Å². The molecule has 2 rings (SSSR count). The molecule has 4 heteroatoms. The number of amides is 1. The fraction of sp³-hybridized carbons (Fsp3) is 0.294. The average Bonchev–Trinajstić information content (AvgIpc) is 2.48. The molecule has 110 valence electrons. The van der Waals surface area contributed by atoms with Gasteiger partial charge in [0.25, 0.3) is 5.91 Å². The Morgan fingerprint density at radius 2 is 1.95 bits per heavy atom. The molecule has 1 unspecified atom stereocenters. The number of rotatable bonds is 5. The van der Waals surface area contributed by atoms with E-state index in [4.69, 9.17) is 0 Å². The van der Waals surface area contributed by atoms with Crippen LogP contribution in [-0.2, 0) is 0 Å². The maximum Gasteiger partial charge on any atom is 0.257 e. The molecule has 1 aromatic carbocycles. The third-order valence-electron chi connectivity index (χ3n) is 3.43. The highest BCUT2D eigenvalue weighted by Crippen LogP contribution is 2.17. The van der Waals surface area contributed by atoms with E-state index in [0.717, 1.165) is 17.9 Å². The Morgan fingerprint density at radius 1 is 1.24 bits per heavy atom. The van der Waals surface area contributed by atoms with Gasteiger partial charge in [-0.15, -0.1) is 0 Å². The monoisotopic (exact) mass is 283 g/mol. The summed E-state index contributed by atoms with van der Waals surface area (Å²) < 4.78 is 0. The minimum atomic E-state index is -0.131. The molecule has 0 radical (unpaired) electrons. The first-order valence-electron chi connectivity index (χ1n) is 7.18. The number of pyridine rings is 1. The van der Waals surface area contributed by atoms with Gasteiger partial charge >= 0.3 is 0 Å². The van der Waals surface area contributed by atoms with Crippen LogP contribution in [-0.4, -0.2) is 17.4 Å². The molecule has 1 atom stereocenters. The number of hydrogen-bond donors (Lipinski definition) is 2. The maximum absolute atomic E-state index is 12.2. The van der Waals surface area contributed by atoms with Crippen molar-refractivity contribution in [3.63, 3.8) is 0 Å². The molecule has 4 nitrogen and oxygen atoms in total. The minimum absolute atomic E-state index is 0.131. The number of carbonyl (C=O) groups excluding carboxylic acids is 1. The van der Waals surface area contributed by atoms with Crippen molar-refractivity contribution in [2.45, 2.75) is 26.8 Å². The highest BCUT2D eigenvalue weighted by atomic mass is 16.1. The molecule has 2 aromatic rings. The van der Waals surface area contributed by atoms with Crippen LogP contribution in [0.25, 0.3) is 0 Å². The Labute approximate surface area is 125 Å². The lowest BCUT2D eigenvalue weighted by atomic mass is 10.1. The largest absolute Gasteiger partial charge is 0.322 e. The standard InChI is InChI=1S/C17H21N3O/c1-4-18-12(2)14-7-9-15(10-8-14)20-17(21)16-6-5-11-19-13(16)3/h5-12,18H,4H2,1-3H3,(H,20,21). The smallest absolute Gasteiger partial charge is 0.257 e. The van der Waals surface area contributed by atoms with Crippen molar-refractivity contribution in [1.82, 2.24) is 10.3 Å². The highest BCUT2D eigenvalue weighted by Gasteiger charge is 2.10. The second-order valence-corrected chi connectivity index (χ2v) is 4.99. The Balaban J connectivity index is 2.07. The molecule has 21 heavy (non-hydrogen) atoms. The number of benzene rings is 1. The van der Waals surface area contributed by atoms with Crippen molar-refractivity contribution >= 4 is 11.6 Å². The van der Waals surface area contributed by atoms with Crippen LogP contribution in [0.3, 0.4) is 0 Å². The first-order chi connectivity index (χ1) is 10.1. The molecule has 0 aliphatic heterocycles. The summed E-state index contributed by atoms with van der Waals surface area (Å²) in [5.74, 6) is -0.131. The van der Waals surface area contributed by atoms with E-state index in [-0.39, 0.29) is 5.91 Å². The second kappa shape index (κ2) is 6.99. The van der Waals surface area contributed by atoms with Crippen LogP contribution in [0.4, 0.5) is 5.69 Å². The van der Waals surface area contributed by atoms with E-state index in [1.54, 1.807) is 18.3 Å². The number of aromatic nitrogens is 1. The van der Waals surface area contributed by atoms with Gasteiger partial charge in [-0.3, -0.25) is 9.78 Å². The van der Waals surface area contributed by atoms with Gasteiger partial charge in [-0.2, -0.15) is 0 Å². The van der Waals surface area contributed by atoms with E-state index >= 15 is 0 Å². The SMILES string of the molecule is CCNC(C)c1ccc(NC(=O)c2cccnc2C)cc1. The Bertz CT molecular complexity index is 608. The molecule has 0 spiro atoms. The van der Waals surface area contributed by atoms with Gasteiger partial charge in [0.2, 0.25) is 0 Å². The summed E-state index contributed by atoms with van der Waals surface area (Å²) in [7, 11) is 0. The van der Waals surface area contributed by atoms with E-state index < -0.39 is 0 Å². The van der Waals surface area contributed by atoms with Gasteiger partial charge in [-0.05, 0) is 50.2 Å². The summed E-state index contributed by atoms with van der Waals surface area (Å²) >= 11 is 0. The summed E-state index contributed by atoms with van der Waals surface area (Å²) in [6.45, 7) is 6.97. The van der Waals surface area contributed by atoms with Crippen molar-refractivity contribution in [1.29, 1.82) is 0 Å². The molecule has 1 heterocycles. The predicted octanol–water partition coefficient (Wildman–Crippen LogP) is 3.31. The lowest BCUT2D eigenvalue weighted by molar-refractivity contribution is 0.102. The van der Waals surface area contributed by atoms with Crippen molar-refractivity contribution < 1.29 is 4.79 Å². The first kappa shape index (κ1) is 15.2. The fourth-order valence-electron chi connectivity index (χ4n) is 2.20. The average molecular weight is 283 g/mol. The first-order valence-corrected chi connectivity index (χ1v) is 7.18. The van der Waals surface area contributed by atoms with Gasteiger partial charge in [-0.1, -0.05) is 19.1 Å². The van der Waals surface area contributed by atoms with E-state index in [1.807, 2.05) is 31.2 Å². The van der Waals surface area contributed by atoms with Gasteiger partial charge in [0.05, 0.1) is 5.56 Å². The zero-order chi connectivity index (χ0) is 15.2. The van der Waals surface area contributed by atoms with Crippen molar-refractivity contribution in [2.75, 3.05) is 11.9 Å². The van der Waals surface area contributed by atoms with Crippen LogP contribution in [0.5, 0.6) is 0 Å². The molecule has 1 aromatic heterocycles. The molecule has 0 saturated heterocycles. The third kappa shape index (κ3) is 3.89. The minimum Gasteiger partial charge on any atom is -0.322 e. The molecular formula is C17H21N3O. The molecule has 0 bridgehead atoms. The number of aryl methyl sites for hydroxylation is 1. The Kier molecular flexibility index (Phi) is 5.06. The van der Waals surface area contributed by atoms with Gasteiger partial charge in [0.1, 0.15) is 0 Å². The molecule has 0 aliphatic carbocycles. The van der Waals surface area contributed by atoms with Gasteiger partial charge < -0.3 is 10.6 Å². The predicted molar refractivity (Wildman–Crippen MR) is 85.5 cm³/mol. The van der Waals surface area contributed by atoms with Crippen molar-refractivity contribution in [3.05, 3.63) is 59.4 Å². The second-order valence-electron chi connectivity index (χ2n) is 4.99. The zero-order valence-electron chi connectivity index (χ0n) is 12.7. The van der Waals surface area contributed by atoms with Crippen LogP contribution >= 0.6 is 0 Å². The van der Waals surface area contributed by atoms with Crippen LogP contribution < -0.4 is 10.6 Å². The number of nitrogens with one attached hydrogen (secondary N) is 2. The lowest BCUT2D eigenvalue weighted by Gasteiger charge is -2.13. The van der Waals surface area contributed by atoms with Gasteiger partial charge in [-0.25, -0.2) is 0 Å². The van der Waals surface area contributed by atoms with Crippen LogP contribution in [0.2, 0.25) is 0 Å². The third-order valence-corrected chi connectivity index (χ3v) is 3.43. The molecule has 0 aliphatic rings. The summed E-state index contributed by atoms with van der Waals surface area (Å²) in [5, 5.41) is 6.26. The number of carbonyl (C=O) groups is 1. The molecule has 2 N–H and O–H groups in total. The number of nitrogens with zero attached hydrogens (tertiary/aromatic N) is 1. The Morgan fingerprint density at radius 3 is 2.57 bits per heavy atom. The van der Waals surface area contributed by atoms with Crippen LogP contribution in [0.1, 0.15) is 41.5 Å². The summed E-state index contributed by atoms with van der Waals surface area (Å²) in [6, 6.07) is 11.8. The normalized spacial score (nSPS) is 12.0. The van der Waals surface area contributed by atoms with E-state index in [9.17, 15) is 4.79 Å². The fourth-order valence-corrected chi connectivity index (χ4v) is 2.20. The summed E-state index contributed by atoms with van der Waals surface area (Å²) in [5.41, 5.74) is 3.32. The maximum atomic E-state index is 12.2. The number of hydrogen-bond acceptors (Lipinski definition) is 3. The quantitative estimate of drug-likeness (QED) is 0.885. The lowest BCUT2D eigenvalue weighted by Crippen LogP contribution is -2.18.